The highest BCUT2D eigenvalue weighted by Gasteiger charge is 2.31. The molecule has 5 heteroatoms. The standard InChI is InChI=1S/C17H34N4O/c1-6-9-17(4)10-7-12-21(13-17)16(18-5)19-11-8-15(22)20-14(2)3/h14H,6-13H2,1-5H3,(H,18,19)(H,20,22). The summed E-state index contributed by atoms with van der Waals surface area (Å²) in [5, 5.41) is 6.25. The van der Waals surface area contributed by atoms with Crippen molar-refractivity contribution in [2.75, 3.05) is 26.7 Å². The van der Waals surface area contributed by atoms with Crippen molar-refractivity contribution < 1.29 is 4.79 Å². The topological polar surface area (TPSA) is 56.7 Å². The Bertz CT molecular complexity index is 377. The molecular formula is C17H34N4O. The minimum absolute atomic E-state index is 0.0902. The lowest BCUT2D eigenvalue weighted by atomic mass is 9.78. The van der Waals surface area contributed by atoms with Crippen molar-refractivity contribution in [3.8, 4) is 0 Å². The van der Waals surface area contributed by atoms with E-state index >= 15 is 0 Å². The largest absolute Gasteiger partial charge is 0.356 e. The Hall–Kier alpha value is -1.26. The predicted molar refractivity (Wildman–Crippen MR) is 93.1 cm³/mol. The quantitative estimate of drug-likeness (QED) is 0.585. The maximum absolute atomic E-state index is 11.7. The van der Waals surface area contributed by atoms with E-state index in [0.29, 0.717) is 18.4 Å². The maximum atomic E-state index is 11.7. The molecule has 1 unspecified atom stereocenters. The molecule has 1 saturated heterocycles. The van der Waals surface area contributed by atoms with E-state index in [2.05, 4.69) is 34.4 Å². The second-order valence-corrected chi connectivity index (χ2v) is 7.03. The van der Waals surface area contributed by atoms with Gasteiger partial charge in [0, 0.05) is 39.1 Å². The van der Waals surface area contributed by atoms with Crippen LogP contribution in [0.15, 0.2) is 4.99 Å². The van der Waals surface area contributed by atoms with Gasteiger partial charge in [0.1, 0.15) is 0 Å². The molecule has 128 valence electrons. The molecule has 2 N–H and O–H groups in total. The molecule has 5 nitrogen and oxygen atoms in total. The van der Waals surface area contributed by atoms with Crippen molar-refractivity contribution in [2.45, 2.75) is 65.8 Å². The fraction of sp³-hybridized carbons (Fsp3) is 0.882. The summed E-state index contributed by atoms with van der Waals surface area (Å²) < 4.78 is 0. The van der Waals surface area contributed by atoms with E-state index in [0.717, 1.165) is 19.0 Å². The summed E-state index contributed by atoms with van der Waals surface area (Å²) in [6, 6.07) is 0.198. The van der Waals surface area contributed by atoms with Crippen LogP contribution in [-0.4, -0.2) is 49.5 Å². The molecular weight excluding hydrogens is 276 g/mol. The fourth-order valence-corrected chi connectivity index (χ4v) is 3.32. The maximum Gasteiger partial charge on any atom is 0.221 e. The van der Waals surface area contributed by atoms with E-state index < -0.39 is 0 Å². The smallest absolute Gasteiger partial charge is 0.221 e. The van der Waals surface area contributed by atoms with Gasteiger partial charge in [-0.1, -0.05) is 20.3 Å². The van der Waals surface area contributed by atoms with Crippen LogP contribution in [0.4, 0.5) is 0 Å². The molecule has 1 atom stereocenters. The summed E-state index contributed by atoms with van der Waals surface area (Å²) in [7, 11) is 1.82. The lowest BCUT2D eigenvalue weighted by Crippen LogP contribution is -2.50. The van der Waals surface area contributed by atoms with Crippen molar-refractivity contribution in [2.24, 2.45) is 10.4 Å². The van der Waals surface area contributed by atoms with Crippen molar-refractivity contribution in [3.63, 3.8) is 0 Å². The first kappa shape index (κ1) is 18.8. The van der Waals surface area contributed by atoms with E-state index in [-0.39, 0.29) is 11.9 Å². The average molecular weight is 310 g/mol. The summed E-state index contributed by atoms with van der Waals surface area (Å²) in [4.78, 5) is 18.4. The summed E-state index contributed by atoms with van der Waals surface area (Å²) in [5.74, 6) is 1.02. The Morgan fingerprint density at radius 1 is 1.41 bits per heavy atom. The SMILES string of the molecule is CCCC1(C)CCCN(C(=NC)NCCC(=O)NC(C)C)C1. The van der Waals surface area contributed by atoms with Crippen molar-refractivity contribution >= 4 is 11.9 Å². The Labute approximate surface area is 135 Å². The number of carbonyl (C=O) groups excluding carboxylic acids is 1. The Kier molecular flexibility index (Phi) is 7.69. The van der Waals surface area contributed by atoms with E-state index in [9.17, 15) is 4.79 Å². The van der Waals surface area contributed by atoms with Crippen LogP contribution in [0.1, 0.15) is 59.8 Å². The number of likely N-dealkylation sites (tertiary alicyclic amines) is 1. The number of amides is 1. The molecule has 0 aromatic rings. The molecule has 1 rings (SSSR count). The van der Waals surface area contributed by atoms with Crippen molar-refractivity contribution in [1.29, 1.82) is 0 Å². The lowest BCUT2D eigenvalue weighted by molar-refractivity contribution is -0.121. The van der Waals surface area contributed by atoms with E-state index in [1.807, 2.05) is 20.9 Å². The normalized spacial score (nSPS) is 22.8. The van der Waals surface area contributed by atoms with Gasteiger partial charge in [-0.25, -0.2) is 0 Å². The van der Waals surface area contributed by atoms with Crippen molar-refractivity contribution in [1.82, 2.24) is 15.5 Å². The zero-order valence-electron chi connectivity index (χ0n) is 15.0. The Morgan fingerprint density at radius 2 is 2.14 bits per heavy atom. The van der Waals surface area contributed by atoms with Crippen molar-refractivity contribution in [3.05, 3.63) is 0 Å². The number of piperidine rings is 1. The van der Waals surface area contributed by atoms with Gasteiger partial charge >= 0.3 is 0 Å². The van der Waals surface area contributed by atoms with E-state index in [4.69, 9.17) is 0 Å². The zero-order chi connectivity index (χ0) is 16.6. The third kappa shape index (κ3) is 6.24. The summed E-state index contributed by atoms with van der Waals surface area (Å²) >= 11 is 0. The van der Waals surface area contributed by atoms with Gasteiger partial charge in [-0.15, -0.1) is 0 Å². The van der Waals surface area contributed by atoms with Gasteiger partial charge in [0.15, 0.2) is 5.96 Å². The van der Waals surface area contributed by atoms with Gasteiger partial charge in [-0.2, -0.15) is 0 Å². The van der Waals surface area contributed by atoms with E-state index in [1.165, 1.54) is 25.7 Å². The first-order valence-electron chi connectivity index (χ1n) is 8.65. The summed E-state index contributed by atoms with van der Waals surface area (Å²) in [6.07, 6.45) is 5.48. The molecule has 0 bridgehead atoms. The number of carbonyl (C=O) groups is 1. The predicted octanol–water partition coefficient (Wildman–Crippen LogP) is 2.38. The number of aliphatic imine (C=N–C) groups is 1. The second kappa shape index (κ2) is 9.01. The van der Waals surface area contributed by atoms with Gasteiger partial charge in [0.05, 0.1) is 0 Å². The molecule has 1 aliphatic heterocycles. The Balaban J connectivity index is 2.45. The van der Waals surface area contributed by atoms with Crippen LogP contribution in [-0.2, 0) is 4.79 Å². The molecule has 22 heavy (non-hydrogen) atoms. The van der Waals surface area contributed by atoms with Gasteiger partial charge in [-0.3, -0.25) is 9.79 Å². The van der Waals surface area contributed by atoms with Crippen LogP contribution in [0, 0.1) is 5.41 Å². The number of guanidine groups is 1. The minimum atomic E-state index is 0.0902. The second-order valence-electron chi connectivity index (χ2n) is 7.03. The third-order valence-corrected chi connectivity index (χ3v) is 4.23. The summed E-state index contributed by atoms with van der Waals surface area (Å²) in [5.41, 5.74) is 0.389. The molecule has 0 spiro atoms. The molecule has 1 fully saturated rings. The third-order valence-electron chi connectivity index (χ3n) is 4.23. The molecule has 1 amide bonds. The van der Waals surface area contributed by atoms with Crippen LogP contribution < -0.4 is 10.6 Å². The molecule has 0 aromatic carbocycles. The zero-order valence-corrected chi connectivity index (χ0v) is 15.0. The van der Waals surface area contributed by atoms with Gasteiger partial charge in [0.2, 0.25) is 5.91 Å². The number of nitrogens with zero attached hydrogens (tertiary/aromatic N) is 2. The fourth-order valence-electron chi connectivity index (χ4n) is 3.32. The van der Waals surface area contributed by atoms with Gasteiger partial charge < -0.3 is 15.5 Å². The van der Waals surface area contributed by atoms with Gasteiger partial charge in [-0.05, 0) is 38.5 Å². The van der Waals surface area contributed by atoms with Crippen LogP contribution in [0.5, 0.6) is 0 Å². The Morgan fingerprint density at radius 3 is 2.73 bits per heavy atom. The van der Waals surface area contributed by atoms with Gasteiger partial charge in [0.25, 0.3) is 0 Å². The number of rotatable bonds is 6. The lowest BCUT2D eigenvalue weighted by Gasteiger charge is -2.42. The number of hydrogen-bond acceptors (Lipinski definition) is 2. The highest BCUT2D eigenvalue weighted by molar-refractivity contribution is 5.81. The van der Waals surface area contributed by atoms with E-state index in [1.54, 1.807) is 0 Å². The summed E-state index contributed by atoms with van der Waals surface area (Å²) in [6.45, 7) is 11.3. The van der Waals surface area contributed by atoms with Crippen LogP contribution >= 0.6 is 0 Å². The number of hydrogen-bond donors (Lipinski definition) is 2. The molecule has 0 radical (unpaired) electrons. The first-order chi connectivity index (χ1) is 10.4. The average Bonchev–Trinajstić information content (AvgIpc) is 2.42. The molecule has 1 aliphatic rings. The monoisotopic (exact) mass is 310 g/mol. The molecule has 0 saturated carbocycles. The highest BCUT2D eigenvalue weighted by Crippen LogP contribution is 2.33. The first-order valence-corrected chi connectivity index (χ1v) is 8.65. The van der Waals surface area contributed by atoms with Crippen LogP contribution in [0.3, 0.4) is 0 Å². The molecule has 0 aromatic heterocycles. The van der Waals surface area contributed by atoms with Crippen LogP contribution in [0.25, 0.3) is 0 Å². The molecule has 1 heterocycles. The minimum Gasteiger partial charge on any atom is -0.356 e. The number of nitrogens with one attached hydrogen (secondary N) is 2. The molecule has 0 aliphatic carbocycles. The highest BCUT2D eigenvalue weighted by atomic mass is 16.1. The van der Waals surface area contributed by atoms with Crippen LogP contribution in [0.2, 0.25) is 0 Å².